The fourth-order valence-electron chi connectivity index (χ4n) is 0.655. The summed E-state index contributed by atoms with van der Waals surface area (Å²) in [6.07, 6.45) is 0. The number of hydrogen-bond acceptors (Lipinski definition) is 2. The van der Waals surface area contributed by atoms with E-state index < -0.39 is 0 Å². The van der Waals surface area contributed by atoms with E-state index >= 15 is 0 Å². The van der Waals surface area contributed by atoms with Crippen molar-refractivity contribution in [1.82, 2.24) is 0 Å². The van der Waals surface area contributed by atoms with Gasteiger partial charge in [0, 0.05) is 6.92 Å². The fourth-order valence-corrected chi connectivity index (χ4v) is 0.655. The topological polar surface area (TPSA) is 26.3 Å². The van der Waals surface area contributed by atoms with Gasteiger partial charge in [-0.2, -0.15) is 0 Å². The zero-order chi connectivity index (χ0) is 7.40. The Morgan fingerprint density at radius 3 is 2.27 bits per heavy atom. The van der Waals surface area contributed by atoms with Gasteiger partial charge in [-0.05, 0) is 12.1 Å². The van der Waals surface area contributed by atoms with Crippen LogP contribution in [0, 0.1) is 0 Å². The van der Waals surface area contributed by atoms with Gasteiger partial charge in [-0.15, -0.1) is 0 Å². The van der Waals surface area contributed by atoms with E-state index in [0.29, 0.717) is 5.75 Å². The molecule has 0 heterocycles. The number of para-hydroxylation sites is 1. The molecule has 0 radical (unpaired) electrons. The van der Waals surface area contributed by atoms with E-state index in [9.17, 15) is 4.79 Å². The molecule has 0 aliphatic heterocycles. The number of rotatable bonds is 1. The molecule has 0 saturated carbocycles. The molecule has 0 unspecified atom stereocenters. The quantitative estimate of drug-likeness (QED) is 0.333. The van der Waals surface area contributed by atoms with Crippen LogP contribution in [0.5, 0.6) is 5.75 Å². The molecule has 0 saturated heterocycles. The first kappa shape index (κ1) is 10.3. The molecule has 0 bridgehead atoms. The summed E-state index contributed by atoms with van der Waals surface area (Å²) < 4.78 is 4.78. The predicted molar refractivity (Wildman–Crippen MR) is 44.9 cm³/mol. The van der Waals surface area contributed by atoms with Crippen LogP contribution in [-0.2, 0) is 4.79 Å². The second-order valence-corrected chi connectivity index (χ2v) is 1.91. The van der Waals surface area contributed by atoms with E-state index in [1.807, 2.05) is 18.2 Å². The van der Waals surface area contributed by atoms with Gasteiger partial charge in [-0.3, -0.25) is 4.79 Å². The van der Waals surface area contributed by atoms with E-state index in [4.69, 9.17) is 4.74 Å². The van der Waals surface area contributed by atoms with E-state index in [0.717, 1.165) is 0 Å². The Bertz CT molecular complexity index is 221. The van der Waals surface area contributed by atoms with Crippen LogP contribution in [0.2, 0.25) is 0 Å². The Balaban J connectivity index is 0.000001000. The third kappa shape index (κ3) is 3.87. The van der Waals surface area contributed by atoms with Crippen molar-refractivity contribution in [2.24, 2.45) is 0 Å². The molecule has 0 N–H and O–H groups in total. The molecule has 1 rings (SSSR count). The number of carbonyl (C=O) groups excluding carboxylic acids is 1. The Hall–Kier alpha value is -0.713. The molecule has 2 nitrogen and oxygen atoms in total. The maximum absolute atomic E-state index is 10.4. The van der Waals surface area contributed by atoms with Crippen molar-refractivity contribution in [2.45, 2.75) is 6.92 Å². The molecule has 1 aromatic rings. The Morgan fingerprint density at radius 2 is 1.82 bits per heavy atom. The Kier molecular flexibility index (Phi) is 4.68. The van der Waals surface area contributed by atoms with Crippen LogP contribution in [-0.4, -0.2) is 24.8 Å². The summed E-state index contributed by atoms with van der Waals surface area (Å²) in [5.74, 6) is 0.307. The van der Waals surface area contributed by atoms with Gasteiger partial charge in [0.05, 0.1) is 0 Å². The summed E-state index contributed by atoms with van der Waals surface area (Å²) in [5, 5.41) is 0. The van der Waals surface area contributed by atoms with Crippen molar-refractivity contribution >= 4 is 24.8 Å². The molecule has 0 aliphatic rings. The number of ether oxygens (including phenoxy) is 1. The number of carbonyl (C=O) groups is 1. The van der Waals surface area contributed by atoms with E-state index in [2.05, 4.69) is 0 Å². The third-order valence-corrected chi connectivity index (χ3v) is 1.00. The SMILES string of the molecule is CC(=O)Oc1ccccc1.[LiH]. The van der Waals surface area contributed by atoms with Crippen LogP contribution in [0.4, 0.5) is 0 Å². The first-order chi connectivity index (χ1) is 4.79. The number of esters is 1. The summed E-state index contributed by atoms with van der Waals surface area (Å²) >= 11 is 0. The van der Waals surface area contributed by atoms with Crippen molar-refractivity contribution in [1.29, 1.82) is 0 Å². The van der Waals surface area contributed by atoms with Crippen LogP contribution in [0.3, 0.4) is 0 Å². The summed E-state index contributed by atoms with van der Waals surface area (Å²) in [7, 11) is 0. The number of hydrogen-bond donors (Lipinski definition) is 0. The van der Waals surface area contributed by atoms with Gasteiger partial charge in [-0.25, -0.2) is 0 Å². The molecule has 0 amide bonds. The Morgan fingerprint density at radius 1 is 1.27 bits per heavy atom. The zero-order valence-electron chi connectivity index (χ0n) is 5.70. The molecule has 0 aliphatic carbocycles. The monoisotopic (exact) mass is 144 g/mol. The normalized spacial score (nSPS) is 8.09. The summed E-state index contributed by atoms with van der Waals surface area (Å²) in [4.78, 5) is 10.4. The molecular formula is C8H9LiO2. The molecule has 0 aromatic heterocycles. The minimum atomic E-state index is -0.286. The molecule has 54 valence electrons. The predicted octanol–water partition coefficient (Wildman–Crippen LogP) is 0.963. The second kappa shape index (κ2) is 5.01. The Labute approximate surface area is 77.7 Å². The van der Waals surface area contributed by atoms with Crippen molar-refractivity contribution < 1.29 is 9.53 Å². The van der Waals surface area contributed by atoms with Gasteiger partial charge in [0.25, 0.3) is 0 Å². The van der Waals surface area contributed by atoms with Crippen LogP contribution < -0.4 is 4.74 Å². The summed E-state index contributed by atoms with van der Waals surface area (Å²) in [6.45, 7) is 1.38. The average Bonchev–Trinajstić information content (AvgIpc) is 1.88. The van der Waals surface area contributed by atoms with Crippen molar-refractivity contribution in [3.63, 3.8) is 0 Å². The molecular weight excluding hydrogens is 135 g/mol. The fraction of sp³-hybridized carbons (Fsp3) is 0.125. The van der Waals surface area contributed by atoms with Crippen molar-refractivity contribution in [3.8, 4) is 5.75 Å². The van der Waals surface area contributed by atoms with Crippen LogP contribution in [0.1, 0.15) is 6.92 Å². The van der Waals surface area contributed by atoms with E-state index in [1.54, 1.807) is 12.1 Å². The first-order valence-electron chi connectivity index (χ1n) is 3.02. The summed E-state index contributed by atoms with van der Waals surface area (Å²) in [6, 6.07) is 8.98. The number of benzene rings is 1. The average molecular weight is 144 g/mol. The molecule has 0 fully saturated rings. The standard InChI is InChI=1S/C8H8O2.Li.H/c1-7(9)10-8-5-3-2-4-6-8;;/h2-6H,1H3;;. The zero-order valence-corrected chi connectivity index (χ0v) is 5.70. The van der Waals surface area contributed by atoms with Crippen molar-refractivity contribution in [2.75, 3.05) is 0 Å². The molecule has 0 atom stereocenters. The minimum absolute atomic E-state index is 0. The van der Waals surface area contributed by atoms with Crippen LogP contribution in [0.25, 0.3) is 0 Å². The molecule has 1 aromatic carbocycles. The van der Waals surface area contributed by atoms with E-state index in [-0.39, 0.29) is 24.8 Å². The van der Waals surface area contributed by atoms with Crippen molar-refractivity contribution in [3.05, 3.63) is 30.3 Å². The van der Waals surface area contributed by atoms with Gasteiger partial charge >= 0.3 is 24.8 Å². The molecule has 3 heteroatoms. The van der Waals surface area contributed by atoms with Crippen LogP contribution in [0.15, 0.2) is 30.3 Å². The van der Waals surface area contributed by atoms with Crippen LogP contribution >= 0.6 is 0 Å². The van der Waals surface area contributed by atoms with Gasteiger partial charge < -0.3 is 4.74 Å². The van der Waals surface area contributed by atoms with Gasteiger partial charge in [0.15, 0.2) is 0 Å². The first-order valence-corrected chi connectivity index (χ1v) is 3.02. The second-order valence-electron chi connectivity index (χ2n) is 1.91. The molecule has 11 heavy (non-hydrogen) atoms. The van der Waals surface area contributed by atoms with Gasteiger partial charge in [0.2, 0.25) is 0 Å². The van der Waals surface area contributed by atoms with E-state index in [1.165, 1.54) is 6.92 Å². The summed E-state index contributed by atoms with van der Waals surface area (Å²) in [5.41, 5.74) is 0. The molecule has 0 spiro atoms. The van der Waals surface area contributed by atoms with Gasteiger partial charge in [0.1, 0.15) is 5.75 Å². The van der Waals surface area contributed by atoms with Gasteiger partial charge in [-0.1, -0.05) is 18.2 Å². The third-order valence-electron chi connectivity index (χ3n) is 1.00. The maximum atomic E-state index is 10.4.